The van der Waals surface area contributed by atoms with Gasteiger partial charge in [-0.2, -0.15) is 0 Å². The number of hydrogen-bond acceptors (Lipinski definition) is 5. The van der Waals surface area contributed by atoms with Gasteiger partial charge in [0, 0.05) is 0 Å². The normalized spacial score (nSPS) is 10.1. The second-order valence-corrected chi connectivity index (χ2v) is 3.68. The van der Waals surface area contributed by atoms with E-state index in [1.807, 2.05) is 6.07 Å². The second-order valence-electron chi connectivity index (χ2n) is 3.68. The Hall–Kier alpha value is -2.04. The molecule has 5 heteroatoms. The number of carbonyl (C=O) groups excluding carboxylic acids is 2. The maximum absolute atomic E-state index is 11.7. The average Bonchev–Trinajstić information content (AvgIpc) is 2.41. The summed E-state index contributed by atoms with van der Waals surface area (Å²) in [6.07, 6.45) is 0. The first-order valence-electron chi connectivity index (χ1n) is 6.20. The van der Waals surface area contributed by atoms with Crippen molar-refractivity contribution >= 4 is 11.9 Å². The summed E-state index contributed by atoms with van der Waals surface area (Å²) in [4.78, 5) is 23.4. The number of ether oxygens (including phenoxy) is 3. The Kier molecular flexibility index (Phi) is 6.43. The third kappa shape index (κ3) is 4.99. The van der Waals surface area contributed by atoms with Crippen LogP contribution in [0.15, 0.2) is 30.3 Å². The summed E-state index contributed by atoms with van der Waals surface area (Å²) in [6.45, 7) is 3.68. The molecule has 0 aliphatic rings. The van der Waals surface area contributed by atoms with E-state index < -0.39 is 17.9 Å². The molecule has 0 aliphatic heterocycles. The fraction of sp³-hybridized carbons (Fsp3) is 0.429. The van der Waals surface area contributed by atoms with Crippen LogP contribution in [0.5, 0.6) is 5.75 Å². The van der Waals surface area contributed by atoms with Gasteiger partial charge in [0.05, 0.1) is 13.2 Å². The van der Waals surface area contributed by atoms with Gasteiger partial charge in [0.15, 0.2) is 5.92 Å². The molecule has 0 bridgehead atoms. The fourth-order valence-electron chi connectivity index (χ4n) is 1.41. The minimum atomic E-state index is -1.06. The quantitative estimate of drug-likeness (QED) is 0.556. The van der Waals surface area contributed by atoms with Crippen LogP contribution in [-0.2, 0) is 19.1 Å². The summed E-state index contributed by atoms with van der Waals surface area (Å²) in [5.74, 6) is -1.73. The van der Waals surface area contributed by atoms with Crippen LogP contribution < -0.4 is 4.74 Å². The van der Waals surface area contributed by atoms with E-state index in [1.54, 1.807) is 38.1 Å². The van der Waals surface area contributed by atoms with Crippen molar-refractivity contribution in [3.05, 3.63) is 30.3 Å². The monoisotopic (exact) mass is 266 g/mol. The van der Waals surface area contributed by atoms with Crippen LogP contribution >= 0.6 is 0 Å². The SMILES string of the molecule is CCOC(=O)C(COc1ccccc1)C(=O)OCC. The van der Waals surface area contributed by atoms with Gasteiger partial charge in [-0.05, 0) is 26.0 Å². The zero-order chi connectivity index (χ0) is 14.1. The van der Waals surface area contributed by atoms with Crippen LogP contribution in [0.25, 0.3) is 0 Å². The number of esters is 2. The third-order valence-corrected chi connectivity index (χ3v) is 2.30. The standard InChI is InChI=1S/C14H18O5/c1-3-17-13(15)12(14(16)18-4-2)10-19-11-8-6-5-7-9-11/h5-9,12H,3-4,10H2,1-2H3. The molecule has 1 aromatic carbocycles. The molecule has 19 heavy (non-hydrogen) atoms. The summed E-state index contributed by atoms with van der Waals surface area (Å²) < 4.78 is 15.1. The van der Waals surface area contributed by atoms with Gasteiger partial charge in [-0.3, -0.25) is 9.59 Å². The second kappa shape index (κ2) is 8.13. The molecule has 0 aliphatic carbocycles. The van der Waals surface area contributed by atoms with E-state index in [-0.39, 0.29) is 19.8 Å². The molecule has 1 aromatic rings. The Balaban J connectivity index is 2.63. The molecule has 0 heterocycles. The van der Waals surface area contributed by atoms with E-state index in [4.69, 9.17) is 14.2 Å². The molecule has 0 saturated carbocycles. The largest absolute Gasteiger partial charge is 0.492 e. The minimum Gasteiger partial charge on any atom is -0.492 e. The Morgan fingerprint density at radius 1 is 1.00 bits per heavy atom. The van der Waals surface area contributed by atoms with Gasteiger partial charge in [-0.1, -0.05) is 18.2 Å². The summed E-state index contributed by atoms with van der Waals surface area (Å²) in [6, 6.07) is 8.94. The first kappa shape index (κ1) is 15.0. The average molecular weight is 266 g/mol. The molecular formula is C14H18O5. The topological polar surface area (TPSA) is 61.8 Å². The number of hydrogen-bond donors (Lipinski definition) is 0. The van der Waals surface area contributed by atoms with Gasteiger partial charge in [0.2, 0.25) is 0 Å². The third-order valence-electron chi connectivity index (χ3n) is 2.30. The van der Waals surface area contributed by atoms with Gasteiger partial charge in [0.25, 0.3) is 0 Å². The van der Waals surface area contributed by atoms with Crippen molar-refractivity contribution in [3.63, 3.8) is 0 Å². The smallest absolute Gasteiger partial charge is 0.323 e. The van der Waals surface area contributed by atoms with E-state index in [0.717, 1.165) is 0 Å². The highest BCUT2D eigenvalue weighted by molar-refractivity contribution is 5.95. The van der Waals surface area contributed by atoms with Crippen molar-refractivity contribution in [1.29, 1.82) is 0 Å². The summed E-state index contributed by atoms with van der Waals surface area (Å²) >= 11 is 0. The molecule has 0 aromatic heterocycles. The lowest BCUT2D eigenvalue weighted by Gasteiger charge is -2.15. The Morgan fingerprint density at radius 2 is 1.53 bits per heavy atom. The van der Waals surface area contributed by atoms with Crippen molar-refractivity contribution in [3.8, 4) is 5.75 Å². The maximum atomic E-state index is 11.7. The predicted molar refractivity (Wildman–Crippen MR) is 68.7 cm³/mol. The van der Waals surface area contributed by atoms with E-state index >= 15 is 0 Å². The molecule has 0 radical (unpaired) electrons. The molecule has 5 nitrogen and oxygen atoms in total. The van der Waals surface area contributed by atoms with E-state index in [1.165, 1.54) is 0 Å². The molecule has 0 unspecified atom stereocenters. The Morgan fingerprint density at radius 3 is 2.00 bits per heavy atom. The van der Waals surface area contributed by atoms with Crippen LogP contribution in [0.2, 0.25) is 0 Å². The van der Waals surface area contributed by atoms with Crippen LogP contribution in [0.3, 0.4) is 0 Å². The zero-order valence-electron chi connectivity index (χ0n) is 11.1. The van der Waals surface area contributed by atoms with Crippen molar-refractivity contribution < 1.29 is 23.8 Å². The van der Waals surface area contributed by atoms with Crippen molar-refractivity contribution in [1.82, 2.24) is 0 Å². The van der Waals surface area contributed by atoms with Crippen molar-refractivity contribution in [2.45, 2.75) is 13.8 Å². The molecule has 0 N–H and O–H groups in total. The zero-order valence-corrected chi connectivity index (χ0v) is 11.1. The van der Waals surface area contributed by atoms with Gasteiger partial charge < -0.3 is 14.2 Å². The minimum absolute atomic E-state index is 0.0956. The van der Waals surface area contributed by atoms with E-state index in [2.05, 4.69) is 0 Å². The highest BCUT2D eigenvalue weighted by Crippen LogP contribution is 2.12. The summed E-state index contributed by atoms with van der Waals surface area (Å²) in [5.41, 5.74) is 0. The molecule has 0 spiro atoms. The lowest BCUT2D eigenvalue weighted by atomic mass is 10.1. The number of rotatable bonds is 7. The summed E-state index contributed by atoms with van der Waals surface area (Å²) in [7, 11) is 0. The van der Waals surface area contributed by atoms with Gasteiger partial charge in [-0.25, -0.2) is 0 Å². The van der Waals surface area contributed by atoms with Crippen LogP contribution in [0, 0.1) is 5.92 Å². The maximum Gasteiger partial charge on any atom is 0.323 e. The molecule has 0 amide bonds. The highest BCUT2D eigenvalue weighted by Gasteiger charge is 2.30. The first-order chi connectivity index (χ1) is 9.19. The molecule has 0 saturated heterocycles. The molecule has 0 fully saturated rings. The van der Waals surface area contributed by atoms with E-state index in [9.17, 15) is 9.59 Å². The lowest BCUT2D eigenvalue weighted by Crippen LogP contribution is -2.33. The molecular weight excluding hydrogens is 248 g/mol. The number of para-hydroxylation sites is 1. The lowest BCUT2D eigenvalue weighted by molar-refractivity contribution is -0.162. The van der Waals surface area contributed by atoms with Crippen molar-refractivity contribution in [2.75, 3.05) is 19.8 Å². The van der Waals surface area contributed by atoms with Crippen LogP contribution in [-0.4, -0.2) is 31.8 Å². The van der Waals surface area contributed by atoms with Crippen LogP contribution in [0.1, 0.15) is 13.8 Å². The van der Waals surface area contributed by atoms with Crippen molar-refractivity contribution in [2.24, 2.45) is 5.92 Å². The Labute approximate surface area is 112 Å². The first-order valence-corrected chi connectivity index (χ1v) is 6.20. The molecule has 104 valence electrons. The highest BCUT2D eigenvalue weighted by atomic mass is 16.6. The van der Waals surface area contributed by atoms with Gasteiger partial charge >= 0.3 is 11.9 Å². The number of benzene rings is 1. The van der Waals surface area contributed by atoms with Gasteiger partial charge in [-0.15, -0.1) is 0 Å². The molecule has 0 atom stereocenters. The molecule has 1 rings (SSSR count). The number of carbonyl (C=O) groups is 2. The fourth-order valence-corrected chi connectivity index (χ4v) is 1.41. The Bertz CT molecular complexity index is 384. The summed E-state index contributed by atoms with van der Waals surface area (Å²) in [5, 5.41) is 0. The van der Waals surface area contributed by atoms with Gasteiger partial charge in [0.1, 0.15) is 12.4 Å². The predicted octanol–water partition coefficient (Wildman–Crippen LogP) is 1.81. The van der Waals surface area contributed by atoms with E-state index in [0.29, 0.717) is 5.75 Å². The van der Waals surface area contributed by atoms with Crippen LogP contribution in [0.4, 0.5) is 0 Å².